The van der Waals surface area contributed by atoms with Crippen LogP contribution in [0.1, 0.15) is 12.8 Å². The van der Waals surface area contributed by atoms with Gasteiger partial charge in [0.25, 0.3) is 0 Å². The number of carbonyl (C=O) groups excluding carboxylic acids is 1. The lowest BCUT2D eigenvalue weighted by Gasteiger charge is -2.08. The van der Waals surface area contributed by atoms with E-state index in [1.54, 1.807) is 23.0 Å². The SMILES string of the molecule is COc1ncccc1NC(=O)CCCn1cnnn1. The first-order valence-corrected chi connectivity index (χ1v) is 5.79. The van der Waals surface area contributed by atoms with Crippen LogP contribution in [0.2, 0.25) is 0 Å². The lowest BCUT2D eigenvalue weighted by Crippen LogP contribution is -2.13. The minimum absolute atomic E-state index is 0.0978. The minimum Gasteiger partial charge on any atom is -0.480 e. The Kier molecular flexibility index (Phi) is 4.38. The van der Waals surface area contributed by atoms with E-state index in [4.69, 9.17) is 4.74 Å². The number of methoxy groups -OCH3 is 1. The van der Waals surface area contributed by atoms with Crippen LogP contribution in [0.5, 0.6) is 5.88 Å². The molecule has 2 rings (SSSR count). The maximum Gasteiger partial charge on any atom is 0.237 e. The lowest BCUT2D eigenvalue weighted by atomic mass is 10.3. The molecule has 8 nitrogen and oxygen atoms in total. The maximum atomic E-state index is 11.8. The monoisotopic (exact) mass is 262 g/mol. The fourth-order valence-corrected chi connectivity index (χ4v) is 1.55. The van der Waals surface area contributed by atoms with Gasteiger partial charge in [-0.1, -0.05) is 0 Å². The molecule has 0 aliphatic rings. The maximum absolute atomic E-state index is 11.8. The molecule has 8 heteroatoms. The van der Waals surface area contributed by atoms with Crippen LogP contribution >= 0.6 is 0 Å². The summed E-state index contributed by atoms with van der Waals surface area (Å²) in [6, 6.07) is 3.48. The molecule has 0 saturated heterocycles. The van der Waals surface area contributed by atoms with Gasteiger partial charge >= 0.3 is 0 Å². The summed E-state index contributed by atoms with van der Waals surface area (Å²) in [5.74, 6) is 0.302. The number of nitrogens with one attached hydrogen (secondary N) is 1. The third-order valence-electron chi connectivity index (χ3n) is 2.42. The molecule has 0 spiro atoms. The van der Waals surface area contributed by atoms with Gasteiger partial charge in [0.1, 0.15) is 12.0 Å². The van der Waals surface area contributed by atoms with Gasteiger partial charge in [-0.05, 0) is 29.0 Å². The van der Waals surface area contributed by atoms with E-state index in [0.29, 0.717) is 31.0 Å². The quantitative estimate of drug-likeness (QED) is 0.814. The summed E-state index contributed by atoms with van der Waals surface area (Å²) in [6.07, 6.45) is 4.14. The largest absolute Gasteiger partial charge is 0.480 e. The molecule has 2 aromatic rings. The third-order valence-corrected chi connectivity index (χ3v) is 2.42. The first-order valence-electron chi connectivity index (χ1n) is 5.79. The number of rotatable bonds is 6. The molecule has 19 heavy (non-hydrogen) atoms. The molecular weight excluding hydrogens is 248 g/mol. The molecule has 0 fully saturated rings. The van der Waals surface area contributed by atoms with Crippen LogP contribution in [0, 0.1) is 0 Å². The highest BCUT2D eigenvalue weighted by Gasteiger charge is 2.07. The van der Waals surface area contributed by atoms with Crippen LogP contribution in [-0.4, -0.2) is 38.2 Å². The second-order valence-corrected chi connectivity index (χ2v) is 3.78. The normalized spacial score (nSPS) is 10.2. The number of pyridine rings is 1. The minimum atomic E-state index is -0.0978. The zero-order valence-electron chi connectivity index (χ0n) is 10.5. The van der Waals surface area contributed by atoms with Gasteiger partial charge in [-0.15, -0.1) is 5.10 Å². The second-order valence-electron chi connectivity index (χ2n) is 3.78. The van der Waals surface area contributed by atoms with Gasteiger partial charge < -0.3 is 10.1 Å². The molecule has 0 bridgehead atoms. The highest BCUT2D eigenvalue weighted by atomic mass is 16.5. The molecule has 0 saturated carbocycles. The van der Waals surface area contributed by atoms with Gasteiger partial charge in [-0.25, -0.2) is 9.67 Å². The average molecular weight is 262 g/mol. The van der Waals surface area contributed by atoms with Crippen molar-refractivity contribution >= 4 is 11.6 Å². The Balaban J connectivity index is 1.80. The number of nitrogens with zero attached hydrogens (tertiary/aromatic N) is 5. The van der Waals surface area contributed by atoms with Crippen molar-refractivity contribution in [2.45, 2.75) is 19.4 Å². The number of aryl methyl sites for hydroxylation is 1. The molecule has 0 aliphatic heterocycles. The predicted octanol–water partition coefficient (Wildman–Crippen LogP) is 0.496. The zero-order chi connectivity index (χ0) is 13.5. The van der Waals surface area contributed by atoms with Gasteiger partial charge in [-0.2, -0.15) is 0 Å². The third kappa shape index (κ3) is 3.73. The number of tetrazole rings is 1. The van der Waals surface area contributed by atoms with E-state index >= 15 is 0 Å². The molecule has 0 aromatic carbocycles. The summed E-state index contributed by atoms with van der Waals surface area (Å²) in [5, 5.41) is 13.5. The summed E-state index contributed by atoms with van der Waals surface area (Å²) in [7, 11) is 1.51. The Morgan fingerprint density at radius 2 is 2.42 bits per heavy atom. The van der Waals surface area contributed by atoms with Crippen LogP contribution in [0.25, 0.3) is 0 Å². The van der Waals surface area contributed by atoms with Crippen molar-refractivity contribution in [1.29, 1.82) is 0 Å². The van der Waals surface area contributed by atoms with Crippen LogP contribution in [0.3, 0.4) is 0 Å². The Morgan fingerprint density at radius 3 is 3.16 bits per heavy atom. The van der Waals surface area contributed by atoms with Crippen molar-refractivity contribution in [3.8, 4) is 5.88 Å². The standard InChI is InChI=1S/C11H14N6O2/c1-19-11-9(4-2-6-12-11)14-10(18)5-3-7-17-8-13-15-16-17/h2,4,6,8H,3,5,7H2,1H3,(H,14,18). The summed E-state index contributed by atoms with van der Waals surface area (Å²) in [4.78, 5) is 15.8. The first-order chi connectivity index (χ1) is 9.29. The summed E-state index contributed by atoms with van der Waals surface area (Å²) < 4.78 is 6.63. The number of anilines is 1. The van der Waals surface area contributed by atoms with E-state index in [2.05, 4.69) is 25.8 Å². The summed E-state index contributed by atoms with van der Waals surface area (Å²) in [6.45, 7) is 0.602. The van der Waals surface area contributed by atoms with Crippen molar-refractivity contribution < 1.29 is 9.53 Å². The van der Waals surface area contributed by atoms with E-state index in [0.717, 1.165) is 0 Å². The van der Waals surface area contributed by atoms with E-state index < -0.39 is 0 Å². The van der Waals surface area contributed by atoms with E-state index in [1.165, 1.54) is 13.4 Å². The molecular formula is C11H14N6O2. The smallest absolute Gasteiger partial charge is 0.237 e. The highest BCUT2D eigenvalue weighted by molar-refractivity contribution is 5.91. The Bertz CT molecular complexity index is 528. The van der Waals surface area contributed by atoms with Crippen molar-refractivity contribution in [2.75, 3.05) is 12.4 Å². The van der Waals surface area contributed by atoms with E-state index in [1.807, 2.05) is 0 Å². The Morgan fingerprint density at radius 1 is 1.53 bits per heavy atom. The lowest BCUT2D eigenvalue weighted by molar-refractivity contribution is -0.116. The van der Waals surface area contributed by atoms with Crippen molar-refractivity contribution in [1.82, 2.24) is 25.2 Å². The molecule has 0 unspecified atom stereocenters. The Labute approximate surface area is 109 Å². The molecule has 1 amide bonds. The number of ether oxygens (including phenoxy) is 1. The molecule has 0 atom stereocenters. The fraction of sp³-hybridized carbons (Fsp3) is 0.364. The molecule has 100 valence electrons. The number of hydrogen-bond donors (Lipinski definition) is 1. The van der Waals surface area contributed by atoms with E-state index in [9.17, 15) is 4.79 Å². The highest BCUT2D eigenvalue weighted by Crippen LogP contribution is 2.19. The topological polar surface area (TPSA) is 94.8 Å². The number of carbonyl (C=O) groups is 1. The van der Waals surface area contributed by atoms with Gasteiger partial charge in [-0.3, -0.25) is 4.79 Å². The number of aromatic nitrogens is 5. The number of hydrogen-bond acceptors (Lipinski definition) is 6. The molecule has 2 aromatic heterocycles. The van der Waals surface area contributed by atoms with Crippen molar-refractivity contribution in [3.05, 3.63) is 24.7 Å². The molecule has 0 radical (unpaired) electrons. The Hall–Kier alpha value is -2.51. The van der Waals surface area contributed by atoms with Gasteiger partial charge in [0, 0.05) is 19.2 Å². The van der Waals surface area contributed by atoms with Crippen molar-refractivity contribution in [2.24, 2.45) is 0 Å². The molecule has 2 heterocycles. The van der Waals surface area contributed by atoms with Gasteiger partial charge in [0.2, 0.25) is 11.8 Å². The van der Waals surface area contributed by atoms with E-state index in [-0.39, 0.29) is 5.91 Å². The predicted molar refractivity (Wildman–Crippen MR) is 66.5 cm³/mol. The number of amides is 1. The fourth-order valence-electron chi connectivity index (χ4n) is 1.55. The van der Waals surface area contributed by atoms with Crippen LogP contribution < -0.4 is 10.1 Å². The molecule has 0 aliphatic carbocycles. The summed E-state index contributed by atoms with van der Waals surface area (Å²) in [5.41, 5.74) is 0.567. The molecule has 1 N–H and O–H groups in total. The van der Waals surface area contributed by atoms with Crippen molar-refractivity contribution in [3.63, 3.8) is 0 Å². The average Bonchev–Trinajstić information content (AvgIpc) is 2.92. The van der Waals surface area contributed by atoms with Crippen LogP contribution in [0.4, 0.5) is 5.69 Å². The van der Waals surface area contributed by atoms with Crippen LogP contribution in [0.15, 0.2) is 24.7 Å². The zero-order valence-corrected chi connectivity index (χ0v) is 10.5. The summed E-state index contributed by atoms with van der Waals surface area (Å²) >= 11 is 0. The van der Waals surface area contributed by atoms with Gasteiger partial charge in [0.05, 0.1) is 7.11 Å². The second kappa shape index (κ2) is 6.43. The van der Waals surface area contributed by atoms with Gasteiger partial charge in [0.15, 0.2) is 0 Å². The van der Waals surface area contributed by atoms with Crippen LogP contribution in [-0.2, 0) is 11.3 Å². The first kappa shape index (κ1) is 12.9.